The van der Waals surface area contributed by atoms with Gasteiger partial charge in [-0.25, -0.2) is 4.98 Å². The molecule has 132 valence electrons. The molecule has 4 heterocycles. The summed E-state index contributed by atoms with van der Waals surface area (Å²) in [4.78, 5) is 20.4. The molecule has 0 spiro atoms. The number of hydrogen-bond acceptors (Lipinski definition) is 5. The molecule has 5 rings (SSSR count). The van der Waals surface area contributed by atoms with Crippen molar-refractivity contribution in [3.8, 4) is 10.6 Å². The van der Waals surface area contributed by atoms with Crippen molar-refractivity contribution < 1.29 is 4.79 Å². The topological polar surface area (TPSA) is 57.3 Å². The highest BCUT2D eigenvalue weighted by molar-refractivity contribution is 7.17. The molecule has 0 unspecified atom stereocenters. The lowest BCUT2D eigenvalue weighted by atomic mass is 9.79. The second-order valence-corrected chi connectivity index (χ2v) is 7.97. The molecular weight excluding hydrogens is 332 g/mol. The van der Waals surface area contributed by atoms with E-state index in [0.29, 0.717) is 16.8 Å². The van der Waals surface area contributed by atoms with Crippen LogP contribution in [0, 0.1) is 5.92 Å². The smallest absolute Gasteiger partial charge is 0.263 e. The average molecular weight is 356 g/mol. The Bertz CT molecular complexity index is 764. The molecule has 5 nitrogen and oxygen atoms in total. The zero-order chi connectivity index (χ0) is 17.4. The Morgan fingerprint density at radius 3 is 2.76 bits per heavy atom. The highest BCUT2D eigenvalue weighted by Crippen LogP contribution is 2.34. The first-order chi connectivity index (χ1) is 12.2. The first-order valence-electron chi connectivity index (χ1n) is 8.95. The number of carbonyl (C=O) groups is 1. The third kappa shape index (κ3) is 3.04. The minimum atomic E-state index is 0.0105. The van der Waals surface area contributed by atoms with E-state index in [2.05, 4.69) is 27.4 Å². The molecule has 6 heteroatoms. The average Bonchev–Trinajstić information content (AvgIpc) is 3.15. The van der Waals surface area contributed by atoms with E-state index >= 15 is 0 Å². The number of para-hydroxylation sites is 1. The van der Waals surface area contributed by atoms with E-state index in [4.69, 9.17) is 0 Å². The fourth-order valence-electron chi connectivity index (χ4n) is 4.16. The van der Waals surface area contributed by atoms with Crippen LogP contribution in [0.15, 0.2) is 30.5 Å². The van der Waals surface area contributed by atoms with Gasteiger partial charge in [0.25, 0.3) is 5.91 Å². The number of carbonyl (C=O) groups excluding carboxylic acids is 1. The van der Waals surface area contributed by atoms with Crippen LogP contribution in [0.1, 0.15) is 29.4 Å². The molecular formula is C19H24N4OS. The fraction of sp³-hybridized carbons (Fsp3) is 0.474. The summed E-state index contributed by atoms with van der Waals surface area (Å²) in [6.07, 6.45) is 4.09. The SMILES string of the molecule is CNc1ccccc1-c1ncc(C(=O)N[C@@H]2C3CCN(CC3)[C@H]2C)s1. The van der Waals surface area contributed by atoms with Crippen molar-refractivity contribution in [2.75, 3.05) is 25.5 Å². The minimum Gasteiger partial charge on any atom is -0.388 e. The number of nitrogens with zero attached hydrogens (tertiary/aromatic N) is 2. The molecule has 2 aromatic rings. The second-order valence-electron chi connectivity index (χ2n) is 6.94. The van der Waals surface area contributed by atoms with Crippen LogP contribution in [0.3, 0.4) is 0 Å². The largest absolute Gasteiger partial charge is 0.388 e. The number of piperidine rings is 3. The Morgan fingerprint density at radius 1 is 1.28 bits per heavy atom. The van der Waals surface area contributed by atoms with E-state index < -0.39 is 0 Å². The van der Waals surface area contributed by atoms with Crippen LogP contribution in [0.2, 0.25) is 0 Å². The molecule has 2 bridgehead atoms. The first-order valence-corrected chi connectivity index (χ1v) is 9.77. The molecule has 0 aliphatic carbocycles. The third-order valence-corrected chi connectivity index (χ3v) is 6.66. The first kappa shape index (κ1) is 16.5. The van der Waals surface area contributed by atoms with Gasteiger partial charge < -0.3 is 10.6 Å². The molecule has 25 heavy (non-hydrogen) atoms. The Balaban J connectivity index is 1.51. The maximum absolute atomic E-state index is 12.8. The van der Waals surface area contributed by atoms with Gasteiger partial charge in [0, 0.05) is 30.4 Å². The van der Waals surface area contributed by atoms with Crippen molar-refractivity contribution in [1.82, 2.24) is 15.2 Å². The maximum atomic E-state index is 12.8. The van der Waals surface area contributed by atoms with Gasteiger partial charge in [-0.05, 0) is 50.9 Å². The van der Waals surface area contributed by atoms with Crippen LogP contribution in [0.25, 0.3) is 10.6 Å². The summed E-state index contributed by atoms with van der Waals surface area (Å²) < 4.78 is 0. The van der Waals surface area contributed by atoms with E-state index in [9.17, 15) is 4.79 Å². The number of hydrogen-bond donors (Lipinski definition) is 2. The Morgan fingerprint density at radius 2 is 2.04 bits per heavy atom. The van der Waals surface area contributed by atoms with E-state index in [1.165, 1.54) is 37.3 Å². The molecule has 3 aliphatic heterocycles. The molecule has 2 atom stereocenters. The lowest BCUT2D eigenvalue weighted by Crippen LogP contribution is -2.62. The zero-order valence-corrected chi connectivity index (χ0v) is 15.5. The van der Waals surface area contributed by atoms with E-state index in [-0.39, 0.29) is 11.9 Å². The summed E-state index contributed by atoms with van der Waals surface area (Å²) in [7, 11) is 1.90. The van der Waals surface area contributed by atoms with Crippen LogP contribution < -0.4 is 10.6 Å². The summed E-state index contributed by atoms with van der Waals surface area (Å²) in [6, 6.07) is 8.71. The predicted molar refractivity (Wildman–Crippen MR) is 102 cm³/mol. The van der Waals surface area contributed by atoms with Crippen molar-refractivity contribution in [2.45, 2.75) is 31.8 Å². The van der Waals surface area contributed by atoms with Crippen molar-refractivity contribution in [3.63, 3.8) is 0 Å². The number of nitrogens with one attached hydrogen (secondary N) is 2. The van der Waals surface area contributed by atoms with Gasteiger partial charge in [-0.1, -0.05) is 12.1 Å². The van der Waals surface area contributed by atoms with Gasteiger partial charge in [0.1, 0.15) is 9.88 Å². The zero-order valence-electron chi connectivity index (χ0n) is 14.7. The molecule has 3 saturated heterocycles. The van der Waals surface area contributed by atoms with Gasteiger partial charge in [-0.15, -0.1) is 11.3 Å². The lowest BCUT2D eigenvalue weighted by Gasteiger charge is -2.49. The van der Waals surface area contributed by atoms with Gasteiger partial charge in [0.15, 0.2) is 0 Å². The minimum absolute atomic E-state index is 0.0105. The molecule has 3 aliphatic rings. The number of aromatic nitrogens is 1. The van der Waals surface area contributed by atoms with Crippen molar-refractivity contribution in [3.05, 3.63) is 35.3 Å². The summed E-state index contributed by atoms with van der Waals surface area (Å²) in [5.74, 6) is 0.623. The van der Waals surface area contributed by atoms with Gasteiger partial charge in [0.05, 0.1) is 6.20 Å². The molecule has 0 radical (unpaired) electrons. The fourth-order valence-corrected chi connectivity index (χ4v) is 5.02. The molecule has 1 aromatic heterocycles. The molecule has 1 amide bonds. The summed E-state index contributed by atoms with van der Waals surface area (Å²) in [5, 5.41) is 7.34. The molecule has 3 fully saturated rings. The second kappa shape index (κ2) is 6.77. The van der Waals surface area contributed by atoms with E-state index in [1.54, 1.807) is 6.20 Å². The van der Waals surface area contributed by atoms with Gasteiger partial charge >= 0.3 is 0 Å². The van der Waals surface area contributed by atoms with Gasteiger partial charge in [-0.2, -0.15) is 0 Å². The number of anilines is 1. The predicted octanol–water partition coefficient (Wildman–Crippen LogP) is 3.06. The van der Waals surface area contributed by atoms with Crippen LogP contribution >= 0.6 is 11.3 Å². The number of fused-ring (bicyclic) bond motifs is 3. The van der Waals surface area contributed by atoms with Crippen LogP contribution in [-0.2, 0) is 0 Å². The maximum Gasteiger partial charge on any atom is 0.263 e. The Hall–Kier alpha value is -1.92. The van der Waals surface area contributed by atoms with E-state index in [0.717, 1.165) is 16.3 Å². The Labute approximate surface area is 152 Å². The summed E-state index contributed by atoms with van der Waals surface area (Å²) >= 11 is 1.46. The summed E-state index contributed by atoms with van der Waals surface area (Å²) in [6.45, 7) is 4.57. The Kier molecular flexibility index (Phi) is 4.48. The van der Waals surface area contributed by atoms with Crippen LogP contribution in [0.5, 0.6) is 0 Å². The normalized spacial score (nSPS) is 27.9. The highest BCUT2D eigenvalue weighted by Gasteiger charge is 2.40. The van der Waals surface area contributed by atoms with Crippen molar-refractivity contribution >= 4 is 22.9 Å². The molecule has 1 aromatic carbocycles. The molecule has 2 N–H and O–H groups in total. The highest BCUT2D eigenvalue weighted by atomic mass is 32.1. The van der Waals surface area contributed by atoms with Gasteiger partial charge in [0.2, 0.25) is 0 Å². The van der Waals surface area contributed by atoms with Crippen molar-refractivity contribution in [1.29, 1.82) is 0 Å². The van der Waals surface area contributed by atoms with E-state index in [1.807, 2.05) is 31.3 Å². The standard InChI is InChI=1S/C19H24N4OS/c1-12-17(13-7-9-23(12)10-8-13)22-18(24)16-11-21-19(25-16)14-5-3-4-6-15(14)20-2/h3-6,11-13,17,20H,7-10H2,1-2H3,(H,22,24)/t12-,17-/m0/s1. The summed E-state index contributed by atoms with van der Waals surface area (Å²) in [5.41, 5.74) is 2.06. The number of thiazole rings is 1. The number of rotatable bonds is 4. The van der Waals surface area contributed by atoms with Crippen LogP contribution in [-0.4, -0.2) is 48.0 Å². The van der Waals surface area contributed by atoms with Crippen LogP contribution in [0.4, 0.5) is 5.69 Å². The third-order valence-electron chi connectivity index (χ3n) is 5.63. The number of amides is 1. The monoisotopic (exact) mass is 356 g/mol. The quantitative estimate of drug-likeness (QED) is 0.884. The number of benzene rings is 1. The lowest BCUT2D eigenvalue weighted by molar-refractivity contribution is 0.0218. The van der Waals surface area contributed by atoms with Crippen molar-refractivity contribution in [2.24, 2.45) is 5.92 Å². The molecule has 0 saturated carbocycles. The van der Waals surface area contributed by atoms with Gasteiger partial charge in [-0.3, -0.25) is 9.69 Å².